The number of likely N-dealkylation sites (tertiary alicyclic amines) is 1. The largest absolute Gasteiger partial charge is 0.481 e. The topological polar surface area (TPSA) is 51.7 Å². The third-order valence-electron chi connectivity index (χ3n) is 3.25. The zero-order valence-electron chi connectivity index (χ0n) is 10.8. The number of carbonyl (C=O) groups excluding carboxylic acids is 1. The molecule has 0 radical (unpaired) electrons. The van der Waals surface area contributed by atoms with Crippen LogP contribution in [-0.2, 0) is 16.1 Å². The quantitative estimate of drug-likeness (QED) is 0.752. The molecular weight excluding hydrogens is 232 g/mol. The number of methoxy groups -OCH3 is 2. The maximum atomic E-state index is 11.7. The van der Waals surface area contributed by atoms with Crippen LogP contribution >= 0.6 is 0 Å². The first-order valence-electron chi connectivity index (χ1n) is 6.06. The molecule has 98 valence electrons. The van der Waals surface area contributed by atoms with Crippen molar-refractivity contribution < 1.29 is 14.3 Å². The Bertz CT molecular complexity index is 422. The van der Waals surface area contributed by atoms with Crippen LogP contribution in [0.3, 0.4) is 0 Å². The zero-order chi connectivity index (χ0) is 13.0. The molecule has 5 nitrogen and oxygen atoms in total. The molecule has 1 fully saturated rings. The van der Waals surface area contributed by atoms with Crippen LogP contribution in [0.25, 0.3) is 0 Å². The lowest BCUT2D eigenvalue weighted by molar-refractivity contribution is -0.146. The Morgan fingerprint density at radius 1 is 1.56 bits per heavy atom. The predicted molar refractivity (Wildman–Crippen MR) is 66.2 cm³/mol. The van der Waals surface area contributed by atoms with Crippen LogP contribution in [0.2, 0.25) is 0 Å². The first kappa shape index (κ1) is 12.8. The van der Waals surface area contributed by atoms with Crippen LogP contribution < -0.4 is 4.74 Å². The molecule has 1 aromatic heterocycles. The van der Waals surface area contributed by atoms with Crippen molar-refractivity contribution in [2.75, 3.05) is 20.8 Å². The van der Waals surface area contributed by atoms with Gasteiger partial charge in [-0.2, -0.15) is 0 Å². The summed E-state index contributed by atoms with van der Waals surface area (Å²) in [5, 5.41) is 0. The van der Waals surface area contributed by atoms with Crippen molar-refractivity contribution in [3.05, 3.63) is 23.9 Å². The summed E-state index contributed by atoms with van der Waals surface area (Å²) >= 11 is 0. The van der Waals surface area contributed by atoms with Gasteiger partial charge in [-0.1, -0.05) is 6.07 Å². The van der Waals surface area contributed by atoms with Gasteiger partial charge in [-0.05, 0) is 25.5 Å². The van der Waals surface area contributed by atoms with Crippen molar-refractivity contribution in [3.8, 4) is 5.88 Å². The Hall–Kier alpha value is -1.62. The number of nitrogens with zero attached hydrogens (tertiary/aromatic N) is 2. The third-order valence-corrected chi connectivity index (χ3v) is 3.25. The number of rotatable bonds is 4. The molecule has 5 heteroatoms. The Labute approximate surface area is 107 Å². The van der Waals surface area contributed by atoms with Gasteiger partial charge in [0.2, 0.25) is 5.88 Å². The normalized spacial score (nSPS) is 19.8. The molecule has 0 saturated carbocycles. The molecule has 0 spiro atoms. The standard InChI is InChI=1S/C13H18N2O3/c1-17-12-10(5-3-7-14-12)9-15-8-4-6-11(15)13(16)18-2/h3,5,7,11H,4,6,8-9H2,1-2H3. The third kappa shape index (κ3) is 2.61. The van der Waals surface area contributed by atoms with Crippen LogP contribution in [0.5, 0.6) is 5.88 Å². The molecular formula is C13H18N2O3. The van der Waals surface area contributed by atoms with E-state index in [1.54, 1.807) is 13.3 Å². The molecule has 2 rings (SSSR count). The Balaban J connectivity index is 2.10. The lowest BCUT2D eigenvalue weighted by atomic mass is 10.2. The molecule has 1 aliphatic heterocycles. The minimum absolute atomic E-state index is 0.139. The maximum absolute atomic E-state index is 11.7. The molecule has 0 N–H and O–H groups in total. The number of pyridine rings is 1. The fourth-order valence-corrected chi connectivity index (χ4v) is 2.37. The van der Waals surface area contributed by atoms with Gasteiger partial charge in [-0.3, -0.25) is 9.69 Å². The lowest BCUT2D eigenvalue weighted by Gasteiger charge is -2.22. The summed E-state index contributed by atoms with van der Waals surface area (Å²) in [6.07, 6.45) is 3.57. The predicted octanol–water partition coefficient (Wildman–Crippen LogP) is 1.23. The van der Waals surface area contributed by atoms with E-state index >= 15 is 0 Å². The average Bonchev–Trinajstić information content (AvgIpc) is 2.86. The smallest absolute Gasteiger partial charge is 0.323 e. The second kappa shape index (κ2) is 5.82. The molecule has 1 unspecified atom stereocenters. The van der Waals surface area contributed by atoms with Gasteiger partial charge in [0.25, 0.3) is 0 Å². The fourth-order valence-electron chi connectivity index (χ4n) is 2.37. The fraction of sp³-hybridized carbons (Fsp3) is 0.538. The summed E-state index contributed by atoms with van der Waals surface area (Å²) in [4.78, 5) is 17.9. The molecule has 2 heterocycles. The number of aromatic nitrogens is 1. The summed E-state index contributed by atoms with van der Waals surface area (Å²) in [6.45, 7) is 1.56. The molecule has 1 aliphatic rings. The van der Waals surface area contributed by atoms with Gasteiger partial charge in [0.1, 0.15) is 6.04 Å². The summed E-state index contributed by atoms with van der Waals surface area (Å²) in [7, 11) is 3.04. The molecule has 18 heavy (non-hydrogen) atoms. The van der Waals surface area contributed by atoms with Gasteiger partial charge >= 0.3 is 5.97 Å². The number of carbonyl (C=O) groups is 1. The van der Waals surface area contributed by atoms with Gasteiger partial charge in [0.15, 0.2) is 0 Å². The van der Waals surface area contributed by atoms with Gasteiger partial charge < -0.3 is 9.47 Å². The Kier molecular flexibility index (Phi) is 4.15. The van der Waals surface area contributed by atoms with Gasteiger partial charge in [0, 0.05) is 18.3 Å². The monoisotopic (exact) mass is 250 g/mol. The van der Waals surface area contributed by atoms with E-state index in [4.69, 9.17) is 9.47 Å². The summed E-state index contributed by atoms with van der Waals surface area (Å²) < 4.78 is 10.1. The van der Waals surface area contributed by atoms with Crippen molar-refractivity contribution >= 4 is 5.97 Å². The average molecular weight is 250 g/mol. The van der Waals surface area contributed by atoms with Crippen molar-refractivity contribution in [1.29, 1.82) is 0 Å². The van der Waals surface area contributed by atoms with Gasteiger partial charge in [-0.15, -0.1) is 0 Å². The number of ether oxygens (including phenoxy) is 2. The summed E-state index contributed by atoms with van der Waals surface area (Å²) in [6, 6.07) is 3.71. The minimum Gasteiger partial charge on any atom is -0.481 e. The first-order valence-corrected chi connectivity index (χ1v) is 6.06. The Morgan fingerprint density at radius 3 is 3.11 bits per heavy atom. The lowest BCUT2D eigenvalue weighted by Crippen LogP contribution is -2.36. The second-order valence-corrected chi connectivity index (χ2v) is 4.32. The highest BCUT2D eigenvalue weighted by Crippen LogP contribution is 2.24. The molecule has 1 atom stereocenters. The van der Waals surface area contributed by atoms with Gasteiger partial charge in [0.05, 0.1) is 14.2 Å². The van der Waals surface area contributed by atoms with E-state index < -0.39 is 0 Å². The van der Waals surface area contributed by atoms with Gasteiger partial charge in [-0.25, -0.2) is 4.98 Å². The van der Waals surface area contributed by atoms with E-state index in [1.807, 2.05) is 12.1 Å². The van der Waals surface area contributed by atoms with Crippen LogP contribution in [0.4, 0.5) is 0 Å². The van der Waals surface area contributed by atoms with Crippen molar-refractivity contribution in [3.63, 3.8) is 0 Å². The molecule has 1 saturated heterocycles. The summed E-state index contributed by atoms with van der Waals surface area (Å²) in [5.41, 5.74) is 0.996. The highest BCUT2D eigenvalue weighted by Gasteiger charge is 2.31. The van der Waals surface area contributed by atoms with E-state index in [9.17, 15) is 4.79 Å². The van der Waals surface area contributed by atoms with E-state index in [2.05, 4.69) is 9.88 Å². The van der Waals surface area contributed by atoms with E-state index in [0.29, 0.717) is 12.4 Å². The Morgan fingerprint density at radius 2 is 2.39 bits per heavy atom. The highest BCUT2D eigenvalue weighted by atomic mass is 16.5. The van der Waals surface area contributed by atoms with Crippen molar-refractivity contribution in [2.24, 2.45) is 0 Å². The molecule has 1 aromatic rings. The van der Waals surface area contributed by atoms with E-state index in [0.717, 1.165) is 24.9 Å². The minimum atomic E-state index is -0.157. The van der Waals surface area contributed by atoms with Crippen molar-refractivity contribution in [2.45, 2.75) is 25.4 Å². The summed E-state index contributed by atoms with van der Waals surface area (Å²) in [5.74, 6) is 0.461. The van der Waals surface area contributed by atoms with E-state index in [1.165, 1.54) is 7.11 Å². The van der Waals surface area contributed by atoms with Crippen LogP contribution in [0.1, 0.15) is 18.4 Å². The van der Waals surface area contributed by atoms with Crippen LogP contribution in [0, 0.1) is 0 Å². The SMILES string of the molecule is COC(=O)C1CCCN1Cc1cccnc1OC. The van der Waals surface area contributed by atoms with Crippen molar-refractivity contribution in [1.82, 2.24) is 9.88 Å². The maximum Gasteiger partial charge on any atom is 0.323 e. The van der Waals surface area contributed by atoms with E-state index in [-0.39, 0.29) is 12.0 Å². The van der Waals surface area contributed by atoms with Crippen LogP contribution in [0.15, 0.2) is 18.3 Å². The second-order valence-electron chi connectivity index (χ2n) is 4.32. The number of esters is 1. The molecule has 0 aliphatic carbocycles. The number of hydrogen-bond donors (Lipinski definition) is 0. The van der Waals surface area contributed by atoms with Crippen LogP contribution in [-0.4, -0.2) is 42.7 Å². The highest BCUT2D eigenvalue weighted by molar-refractivity contribution is 5.76. The zero-order valence-corrected chi connectivity index (χ0v) is 10.8. The molecule has 0 aromatic carbocycles. The first-order chi connectivity index (χ1) is 8.76. The molecule has 0 amide bonds. The number of hydrogen-bond acceptors (Lipinski definition) is 5. The molecule has 0 bridgehead atoms.